The lowest BCUT2D eigenvalue weighted by Crippen LogP contribution is -2.41. The third kappa shape index (κ3) is 4.73. The van der Waals surface area contributed by atoms with Gasteiger partial charge >= 0.3 is 0 Å². The molecule has 2 rings (SSSR count). The van der Waals surface area contributed by atoms with E-state index in [2.05, 4.69) is 12.2 Å². The molecule has 1 N–H and O–H groups in total. The number of nitrogens with one attached hydrogen (secondary N) is 1. The monoisotopic (exact) mass is 297 g/mol. The van der Waals surface area contributed by atoms with Gasteiger partial charge in [0.15, 0.2) is 0 Å². The summed E-state index contributed by atoms with van der Waals surface area (Å²) in [6.07, 6.45) is 4.89. The molecule has 0 aliphatic heterocycles. The Morgan fingerprint density at radius 2 is 2.00 bits per heavy atom. The normalized spacial score (nSPS) is 23.1. The SMILES string of the molecule is C[C@H]1CCCC[C@H]1NC(=O)CSc1ccc(Cl)cc1. The fraction of sp³-hybridized carbons (Fsp3) is 0.533. The maximum atomic E-state index is 11.9. The van der Waals surface area contributed by atoms with Crippen LogP contribution in [0.1, 0.15) is 32.6 Å². The number of rotatable bonds is 4. The topological polar surface area (TPSA) is 29.1 Å². The predicted octanol–water partition coefficient (Wildman–Crippen LogP) is 4.13. The summed E-state index contributed by atoms with van der Waals surface area (Å²) in [5.74, 6) is 1.22. The van der Waals surface area contributed by atoms with E-state index in [1.807, 2.05) is 24.3 Å². The number of hydrogen-bond donors (Lipinski definition) is 1. The van der Waals surface area contributed by atoms with Gasteiger partial charge in [-0.25, -0.2) is 0 Å². The van der Waals surface area contributed by atoms with E-state index in [1.54, 1.807) is 11.8 Å². The number of halogens is 1. The van der Waals surface area contributed by atoms with Crippen LogP contribution >= 0.6 is 23.4 Å². The van der Waals surface area contributed by atoms with Crippen molar-refractivity contribution in [3.05, 3.63) is 29.3 Å². The van der Waals surface area contributed by atoms with Crippen LogP contribution in [-0.2, 0) is 4.79 Å². The Bertz CT molecular complexity index is 421. The molecule has 0 spiro atoms. The zero-order valence-corrected chi connectivity index (χ0v) is 12.8. The van der Waals surface area contributed by atoms with Crippen LogP contribution in [0.5, 0.6) is 0 Å². The molecule has 2 nitrogen and oxygen atoms in total. The van der Waals surface area contributed by atoms with Crippen molar-refractivity contribution < 1.29 is 4.79 Å². The number of amides is 1. The van der Waals surface area contributed by atoms with E-state index in [-0.39, 0.29) is 5.91 Å². The average Bonchev–Trinajstić information content (AvgIpc) is 2.41. The first-order valence-corrected chi connectivity index (χ1v) is 8.19. The van der Waals surface area contributed by atoms with E-state index >= 15 is 0 Å². The van der Waals surface area contributed by atoms with Gasteiger partial charge in [-0.15, -0.1) is 11.8 Å². The summed E-state index contributed by atoms with van der Waals surface area (Å²) in [7, 11) is 0. The fourth-order valence-electron chi connectivity index (χ4n) is 2.46. The molecule has 1 fully saturated rings. The van der Waals surface area contributed by atoms with Crippen molar-refractivity contribution in [1.29, 1.82) is 0 Å². The van der Waals surface area contributed by atoms with E-state index in [4.69, 9.17) is 11.6 Å². The van der Waals surface area contributed by atoms with Crippen molar-refractivity contribution in [2.75, 3.05) is 5.75 Å². The van der Waals surface area contributed by atoms with E-state index < -0.39 is 0 Å². The van der Waals surface area contributed by atoms with Crippen LogP contribution in [-0.4, -0.2) is 17.7 Å². The summed E-state index contributed by atoms with van der Waals surface area (Å²) in [5.41, 5.74) is 0. The summed E-state index contributed by atoms with van der Waals surface area (Å²) in [4.78, 5) is 13.0. The van der Waals surface area contributed by atoms with Crippen molar-refractivity contribution in [2.24, 2.45) is 5.92 Å². The maximum absolute atomic E-state index is 11.9. The van der Waals surface area contributed by atoms with Crippen molar-refractivity contribution in [1.82, 2.24) is 5.32 Å². The Hall–Kier alpha value is -0.670. The molecule has 2 atom stereocenters. The van der Waals surface area contributed by atoms with Crippen LogP contribution in [0.25, 0.3) is 0 Å². The highest BCUT2D eigenvalue weighted by atomic mass is 35.5. The molecule has 0 saturated heterocycles. The molecule has 4 heteroatoms. The maximum Gasteiger partial charge on any atom is 0.230 e. The second-order valence-electron chi connectivity index (χ2n) is 5.18. The number of thioether (sulfide) groups is 1. The average molecular weight is 298 g/mol. The molecule has 0 unspecified atom stereocenters. The Labute approximate surface area is 124 Å². The minimum absolute atomic E-state index is 0.138. The first-order chi connectivity index (χ1) is 9.15. The van der Waals surface area contributed by atoms with Gasteiger partial charge in [-0.05, 0) is 43.0 Å². The molecule has 1 aliphatic carbocycles. The van der Waals surface area contributed by atoms with Gasteiger partial charge in [0.2, 0.25) is 5.91 Å². The molecule has 19 heavy (non-hydrogen) atoms. The van der Waals surface area contributed by atoms with Crippen LogP contribution < -0.4 is 5.32 Å². The number of carbonyl (C=O) groups excluding carboxylic acids is 1. The van der Waals surface area contributed by atoms with E-state index in [9.17, 15) is 4.79 Å². The van der Waals surface area contributed by atoms with Gasteiger partial charge in [0, 0.05) is 16.0 Å². The molecule has 1 aromatic rings. The molecule has 104 valence electrons. The van der Waals surface area contributed by atoms with Gasteiger partial charge in [-0.3, -0.25) is 4.79 Å². The number of benzene rings is 1. The Kier molecular flexibility index (Phi) is 5.59. The van der Waals surface area contributed by atoms with Crippen molar-refractivity contribution in [3.8, 4) is 0 Å². The third-order valence-corrected chi connectivity index (χ3v) is 4.91. The molecule has 1 aromatic carbocycles. The number of hydrogen-bond acceptors (Lipinski definition) is 2. The van der Waals surface area contributed by atoms with Gasteiger partial charge in [0.25, 0.3) is 0 Å². The highest BCUT2D eigenvalue weighted by Crippen LogP contribution is 2.24. The zero-order chi connectivity index (χ0) is 13.7. The van der Waals surface area contributed by atoms with Crippen molar-refractivity contribution in [3.63, 3.8) is 0 Å². The molecular weight excluding hydrogens is 278 g/mol. The van der Waals surface area contributed by atoms with E-state index in [0.29, 0.717) is 17.7 Å². The molecular formula is C15H20ClNOS. The molecule has 1 saturated carbocycles. The Balaban J connectivity index is 1.76. The molecule has 1 aliphatic rings. The Morgan fingerprint density at radius 3 is 2.68 bits per heavy atom. The molecule has 0 radical (unpaired) electrons. The smallest absolute Gasteiger partial charge is 0.230 e. The van der Waals surface area contributed by atoms with Crippen LogP contribution in [0, 0.1) is 5.92 Å². The fourth-order valence-corrected chi connectivity index (χ4v) is 3.29. The highest BCUT2D eigenvalue weighted by Gasteiger charge is 2.22. The second kappa shape index (κ2) is 7.20. The van der Waals surface area contributed by atoms with E-state index in [0.717, 1.165) is 16.3 Å². The number of carbonyl (C=O) groups is 1. The lowest BCUT2D eigenvalue weighted by Gasteiger charge is -2.29. The quantitative estimate of drug-likeness (QED) is 0.847. The summed E-state index contributed by atoms with van der Waals surface area (Å²) in [6, 6.07) is 7.97. The summed E-state index contributed by atoms with van der Waals surface area (Å²) >= 11 is 7.39. The largest absolute Gasteiger partial charge is 0.352 e. The summed E-state index contributed by atoms with van der Waals surface area (Å²) in [6.45, 7) is 2.23. The third-order valence-electron chi connectivity index (χ3n) is 3.64. The first-order valence-electron chi connectivity index (χ1n) is 6.83. The molecule has 0 bridgehead atoms. The standard InChI is InChI=1S/C15H20ClNOS/c1-11-4-2-3-5-14(11)17-15(18)10-19-13-8-6-12(16)7-9-13/h6-9,11,14H,2-5,10H2,1H3,(H,17,18)/t11-,14+/m0/s1. The predicted molar refractivity (Wildman–Crippen MR) is 81.7 cm³/mol. The van der Waals surface area contributed by atoms with E-state index in [1.165, 1.54) is 19.3 Å². The minimum Gasteiger partial charge on any atom is -0.352 e. The summed E-state index contributed by atoms with van der Waals surface area (Å²) in [5, 5.41) is 3.89. The van der Waals surface area contributed by atoms with Crippen molar-refractivity contribution in [2.45, 2.75) is 43.5 Å². The van der Waals surface area contributed by atoms with Crippen LogP contribution in [0.2, 0.25) is 5.02 Å². The minimum atomic E-state index is 0.138. The molecule has 1 amide bonds. The van der Waals surface area contributed by atoms with Crippen LogP contribution in [0.3, 0.4) is 0 Å². The first kappa shape index (κ1) is 14.7. The lowest BCUT2D eigenvalue weighted by atomic mass is 9.86. The molecule has 0 aromatic heterocycles. The Morgan fingerprint density at radius 1 is 1.32 bits per heavy atom. The van der Waals surface area contributed by atoms with Crippen LogP contribution in [0.15, 0.2) is 29.2 Å². The lowest BCUT2D eigenvalue weighted by molar-refractivity contribution is -0.119. The molecule has 0 heterocycles. The van der Waals surface area contributed by atoms with Gasteiger partial charge in [-0.2, -0.15) is 0 Å². The van der Waals surface area contributed by atoms with Gasteiger partial charge in [-0.1, -0.05) is 31.4 Å². The van der Waals surface area contributed by atoms with Gasteiger partial charge in [0.1, 0.15) is 0 Å². The second-order valence-corrected chi connectivity index (χ2v) is 6.66. The summed E-state index contributed by atoms with van der Waals surface area (Å²) < 4.78 is 0. The van der Waals surface area contributed by atoms with Crippen molar-refractivity contribution >= 4 is 29.3 Å². The van der Waals surface area contributed by atoms with Gasteiger partial charge in [0.05, 0.1) is 5.75 Å². The van der Waals surface area contributed by atoms with Crippen LogP contribution in [0.4, 0.5) is 0 Å². The zero-order valence-electron chi connectivity index (χ0n) is 11.2. The highest BCUT2D eigenvalue weighted by molar-refractivity contribution is 8.00. The van der Waals surface area contributed by atoms with Gasteiger partial charge < -0.3 is 5.32 Å².